The van der Waals surface area contributed by atoms with Gasteiger partial charge in [0.05, 0.1) is 30.7 Å². The molecule has 0 aliphatic carbocycles. The Balaban J connectivity index is 1.81. The van der Waals surface area contributed by atoms with Crippen molar-refractivity contribution in [3.8, 4) is 5.75 Å². The number of fused-ring (bicyclic) bond motifs is 1. The Kier molecular flexibility index (Phi) is 4.90. The van der Waals surface area contributed by atoms with Crippen molar-refractivity contribution in [3.05, 3.63) is 36.5 Å². The van der Waals surface area contributed by atoms with E-state index in [1.807, 2.05) is 30.5 Å². The van der Waals surface area contributed by atoms with E-state index < -0.39 is 0 Å². The van der Waals surface area contributed by atoms with Crippen molar-refractivity contribution >= 4 is 38.2 Å². The van der Waals surface area contributed by atoms with E-state index in [9.17, 15) is 0 Å². The van der Waals surface area contributed by atoms with Crippen LogP contribution in [0.3, 0.4) is 0 Å². The molecule has 1 saturated heterocycles. The van der Waals surface area contributed by atoms with Crippen LogP contribution in [0.5, 0.6) is 5.75 Å². The molecule has 1 aliphatic heterocycles. The maximum Gasteiger partial charge on any atom is 0.192 e. The van der Waals surface area contributed by atoms with Gasteiger partial charge in [-0.15, -0.1) is 0 Å². The lowest BCUT2D eigenvalue weighted by atomic mass is 10.2. The SMILES string of the molecule is CCN(c1ccccn1)c1nc2c(OC)ccc(N3CCOCC3)c2s1. The van der Waals surface area contributed by atoms with Crippen LogP contribution in [0.25, 0.3) is 10.2 Å². The molecule has 0 bridgehead atoms. The maximum absolute atomic E-state index is 5.57. The third kappa shape index (κ3) is 3.08. The maximum atomic E-state index is 5.57. The molecule has 1 fully saturated rings. The van der Waals surface area contributed by atoms with Gasteiger partial charge in [0, 0.05) is 25.8 Å². The smallest absolute Gasteiger partial charge is 0.192 e. The largest absolute Gasteiger partial charge is 0.494 e. The molecular weight excluding hydrogens is 348 g/mol. The zero-order valence-electron chi connectivity index (χ0n) is 15.0. The Morgan fingerprint density at radius 2 is 2.08 bits per heavy atom. The quantitative estimate of drug-likeness (QED) is 0.683. The molecule has 0 radical (unpaired) electrons. The number of hydrogen-bond donors (Lipinski definition) is 0. The van der Waals surface area contributed by atoms with E-state index in [0.29, 0.717) is 0 Å². The predicted octanol–water partition coefficient (Wildman–Crippen LogP) is 3.69. The van der Waals surface area contributed by atoms with Crippen LogP contribution in [0.4, 0.5) is 16.6 Å². The van der Waals surface area contributed by atoms with Gasteiger partial charge >= 0.3 is 0 Å². The van der Waals surface area contributed by atoms with Crippen molar-refractivity contribution in [2.45, 2.75) is 6.92 Å². The Bertz CT molecular complexity index is 878. The summed E-state index contributed by atoms with van der Waals surface area (Å²) in [4.78, 5) is 13.9. The molecule has 0 unspecified atom stereocenters. The normalized spacial score (nSPS) is 14.6. The van der Waals surface area contributed by atoms with Crippen molar-refractivity contribution in [1.29, 1.82) is 0 Å². The highest BCUT2D eigenvalue weighted by Crippen LogP contribution is 2.41. The van der Waals surface area contributed by atoms with E-state index in [1.54, 1.807) is 18.4 Å². The fourth-order valence-electron chi connectivity index (χ4n) is 3.20. The van der Waals surface area contributed by atoms with E-state index in [2.05, 4.69) is 27.8 Å². The lowest BCUT2D eigenvalue weighted by Crippen LogP contribution is -2.36. The van der Waals surface area contributed by atoms with Gasteiger partial charge in [-0.1, -0.05) is 17.4 Å². The van der Waals surface area contributed by atoms with Crippen molar-refractivity contribution in [2.75, 3.05) is 49.8 Å². The van der Waals surface area contributed by atoms with Crippen LogP contribution < -0.4 is 14.5 Å². The molecule has 0 spiro atoms. The minimum Gasteiger partial charge on any atom is -0.494 e. The van der Waals surface area contributed by atoms with Crippen LogP contribution in [0.1, 0.15) is 6.92 Å². The summed E-state index contributed by atoms with van der Waals surface area (Å²) in [5, 5.41) is 0.931. The highest BCUT2D eigenvalue weighted by molar-refractivity contribution is 7.23. The predicted molar refractivity (Wildman–Crippen MR) is 106 cm³/mol. The molecule has 1 aromatic carbocycles. The summed E-state index contributed by atoms with van der Waals surface area (Å²) >= 11 is 1.69. The van der Waals surface area contributed by atoms with E-state index in [4.69, 9.17) is 14.5 Å². The molecule has 0 atom stereocenters. The number of thiazole rings is 1. The van der Waals surface area contributed by atoms with Gasteiger partial charge < -0.3 is 19.3 Å². The van der Waals surface area contributed by atoms with Crippen LogP contribution in [-0.2, 0) is 4.74 Å². The van der Waals surface area contributed by atoms with Gasteiger partial charge in [-0.2, -0.15) is 0 Å². The number of aromatic nitrogens is 2. The second kappa shape index (κ2) is 7.47. The van der Waals surface area contributed by atoms with Crippen LogP contribution in [0, 0.1) is 0 Å². The van der Waals surface area contributed by atoms with Gasteiger partial charge in [0.25, 0.3) is 0 Å². The van der Waals surface area contributed by atoms with Gasteiger partial charge in [-0.3, -0.25) is 0 Å². The van der Waals surface area contributed by atoms with Gasteiger partial charge in [0.1, 0.15) is 17.1 Å². The number of rotatable bonds is 5. The summed E-state index contributed by atoms with van der Waals surface area (Å²) in [7, 11) is 1.69. The molecule has 1 aliphatic rings. The zero-order chi connectivity index (χ0) is 17.9. The first kappa shape index (κ1) is 17.1. The molecule has 26 heavy (non-hydrogen) atoms. The van der Waals surface area contributed by atoms with E-state index in [1.165, 1.54) is 5.69 Å². The second-order valence-corrected chi connectivity index (χ2v) is 6.97. The molecule has 3 heterocycles. The van der Waals surface area contributed by atoms with Crippen LogP contribution in [-0.4, -0.2) is 49.9 Å². The monoisotopic (exact) mass is 370 g/mol. The Morgan fingerprint density at radius 1 is 1.23 bits per heavy atom. The highest BCUT2D eigenvalue weighted by Gasteiger charge is 2.21. The highest BCUT2D eigenvalue weighted by atomic mass is 32.1. The Hall–Kier alpha value is -2.38. The summed E-state index contributed by atoms with van der Waals surface area (Å²) in [5.41, 5.74) is 2.11. The average molecular weight is 370 g/mol. The third-order valence-corrected chi connectivity index (χ3v) is 5.62. The van der Waals surface area contributed by atoms with Crippen molar-refractivity contribution in [2.24, 2.45) is 0 Å². The molecule has 2 aromatic heterocycles. The zero-order valence-corrected chi connectivity index (χ0v) is 15.8. The minimum atomic E-state index is 0.758. The van der Waals surface area contributed by atoms with E-state index in [0.717, 1.165) is 59.8 Å². The van der Waals surface area contributed by atoms with Crippen LogP contribution in [0.2, 0.25) is 0 Å². The summed E-state index contributed by atoms with van der Waals surface area (Å²) in [6.07, 6.45) is 1.81. The number of ether oxygens (including phenoxy) is 2. The van der Waals surface area contributed by atoms with Gasteiger partial charge in [0.2, 0.25) is 0 Å². The number of nitrogens with zero attached hydrogens (tertiary/aromatic N) is 4. The molecule has 6 nitrogen and oxygen atoms in total. The molecule has 3 aromatic rings. The minimum absolute atomic E-state index is 0.758. The van der Waals surface area contributed by atoms with Gasteiger partial charge in [-0.25, -0.2) is 9.97 Å². The Labute approximate surface area is 157 Å². The number of benzene rings is 1. The average Bonchev–Trinajstić information content (AvgIpc) is 3.14. The molecule has 0 saturated carbocycles. The molecule has 136 valence electrons. The first-order chi connectivity index (χ1) is 12.8. The lowest BCUT2D eigenvalue weighted by molar-refractivity contribution is 0.123. The molecule has 0 N–H and O–H groups in total. The van der Waals surface area contributed by atoms with Crippen LogP contribution in [0.15, 0.2) is 36.5 Å². The molecular formula is C19H22N4O2S. The van der Waals surface area contributed by atoms with Crippen molar-refractivity contribution < 1.29 is 9.47 Å². The number of anilines is 3. The lowest BCUT2D eigenvalue weighted by Gasteiger charge is -2.29. The fourth-order valence-corrected chi connectivity index (χ4v) is 4.40. The Morgan fingerprint density at radius 3 is 2.77 bits per heavy atom. The molecule has 7 heteroatoms. The summed E-state index contributed by atoms with van der Waals surface area (Å²) in [6.45, 7) is 6.22. The van der Waals surface area contributed by atoms with Gasteiger partial charge in [0.15, 0.2) is 5.13 Å². The first-order valence-electron chi connectivity index (χ1n) is 8.80. The second-order valence-electron chi connectivity index (χ2n) is 5.99. The number of hydrogen-bond acceptors (Lipinski definition) is 7. The first-order valence-corrected chi connectivity index (χ1v) is 9.62. The fraction of sp³-hybridized carbons (Fsp3) is 0.368. The van der Waals surface area contributed by atoms with Crippen LogP contribution >= 0.6 is 11.3 Å². The molecule has 4 rings (SSSR count). The number of methoxy groups -OCH3 is 1. The van der Waals surface area contributed by atoms with E-state index in [-0.39, 0.29) is 0 Å². The third-order valence-electron chi connectivity index (χ3n) is 4.52. The summed E-state index contributed by atoms with van der Waals surface area (Å²) in [6, 6.07) is 10.1. The standard InChI is InChI=1S/C19H22N4O2S/c1-3-23(16-6-4-5-9-20-16)19-21-17-15(24-2)8-7-14(18(17)26-19)22-10-12-25-13-11-22/h4-9H,3,10-13H2,1-2H3. The van der Waals surface area contributed by atoms with Crippen molar-refractivity contribution in [1.82, 2.24) is 9.97 Å². The molecule has 0 amide bonds. The summed E-state index contributed by atoms with van der Waals surface area (Å²) < 4.78 is 12.2. The van der Waals surface area contributed by atoms with Crippen molar-refractivity contribution in [3.63, 3.8) is 0 Å². The van der Waals surface area contributed by atoms with Gasteiger partial charge in [-0.05, 0) is 31.2 Å². The van der Waals surface area contributed by atoms with E-state index >= 15 is 0 Å². The summed E-state index contributed by atoms with van der Waals surface area (Å²) in [5.74, 6) is 1.71. The topological polar surface area (TPSA) is 50.7 Å². The number of morpholine rings is 1. The number of pyridine rings is 1.